The summed E-state index contributed by atoms with van der Waals surface area (Å²) in [4.78, 5) is 0. The van der Waals surface area contributed by atoms with E-state index in [1.807, 2.05) is 0 Å². The Morgan fingerprint density at radius 1 is 1.60 bits per heavy atom. The third-order valence-electron chi connectivity index (χ3n) is 1.06. The summed E-state index contributed by atoms with van der Waals surface area (Å²) < 4.78 is 5.18. The highest BCUT2D eigenvalue weighted by molar-refractivity contribution is 4.83. The zero-order chi connectivity index (χ0) is 7.98. The Morgan fingerprint density at radius 3 is 2.60 bits per heavy atom. The zero-order valence-electron chi connectivity index (χ0n) is 6.89. The molecule has 2 nitrogen and oxygen atoms in total. The Kier molecular flexibility index (Phi) is 5.03. The van der Waals surface area contributed by atoms with Gasteiger partial charge in [0.05, 0.1) is 12.4 Å². The van der Waals surface area contributed by atoms with Crippen LogP contribution >= 0.6 is 0 Å². The third-order valence-corrected chi connectivity index (χ3v) is 1.06. The van der Waals surface area contributed by atoms with Crippen LogP contribution in [0.25, 0.3) is 0 Å². The second-order valence-corrected chi connectivity index (χ2v) is 2.77. The minimum atomic E-state index is 0.567. The molecule has 0 aromatic carbocycles. The third kappa shape index (κ3) is 5.63. The van der Waals surface area contributed by atoms with E-state index in [1.165, 1.54) is 0 Å². The zero-order valence-corrected chi connectivity index (χ0v) is 6.89. The maximum absolute atomic E-state index is 5.24. The van der Waals surface area contributed by atoms with Gasteiger partial charge in [0.1, 0.15) is 0 Å². The molecule has 0 bridgehead atoms. The monoisotopic (exact) mass is 143 g/mol. The molecule has 0 aliphatic heterocycles. The molecule has 2 heteroatoms. The highest BCUT2D eigenvalue weighted by atomic mass is 16.5. The van der Waals surface area contributed by atoms with E-state index in [4.69, 9.17) is 10.5 Å². The summed E-state index contributed by atoms with van der Waals surface area (Å²) in [7, 11) is 0. The number of ether oxygens (including phenoxy) is 1. The van der Waals surface area contributed by atoms with E-state index in [2.05, 4.69) is 20.4 Å². The van der Waals surface area contributed by atoms with Crippen LogP contribution in [0.2, 0.25) is 0 Å². The molecule has 0 saturated heterocycles. The molecule has 0 radical (unpaired) electrons. The molecule has 0 aromatic heterocycles. The van der Waals surface area contributed by atoms with Crippen molar-refractivity contribution in [3.05, 3.63) is 12.3 Å². The summed E-state index contributed by atoms with van der Waals surface area (Å²) in [5, 5.41) is 0. The summed E-state index contributed by atoms with van der Waals surface area (Å²) >= 11 is 0. The van der Waals surface area contributed by atoms with Crippen LogP contribution in [0.3, 0.4) is 0 Å². The fraction of sp³-hybridized carbons (Fsp3) is 0.750. The molecule has 0 rings (SSSR count). The van der Waals surface area contributed by atoms with Gasteiger partial charge in [-0.1, -0.05) is 20.4 Å². The number of hydrogen-bond donors (Lipinski definition) is 1. The van der Waals surface area contributed by atoms with Crippen LogP contribution in [0.5, 0.6) is 0 Å². The SMILES string of the molecule is C=C(CC(C)C)OCCN. The van der Waals surface area contributed by atoms with Gasteiger partial charge in [-0.3, -0.25) is 0 Å². The van der Waals surface area contributed by atoms with Crippen molar-refractivity contribution in [2.45, 2.75) is 20.3 Å². The molecule has 2 N–H and O–H groups in total. The number of hydrogen-bond acceptors (Lipinski definition) is 2. The lowest BCUT2D eigenvalue weighted by atomic mass is 10.1. The van der Waals surface area contributed by atoms with Gasteiger partial charge in [-0.05, 0) is 5.92 Å². The fourth-order valence-corrected chi connectivity index (χ4v) is 0.718. The van der Waals surface area contributed by atoms with Crippen molar-refractivity contribution in [2.24, 2.45) is 11.7 Å². The molecule has 0 unspecified atom stereocenters. The van der Waals surface area contributed by atoms with E-state index < -0.39 is 0 Å². The Balaban J connectivity index is 3.26. The first-order valence-electron chi connectivity index (χ1n) is 3.67. The Labute approximate surface area is 63.1 Å². The predicted molar refractivity (Wildman–Crippen MR) is 43.6 cm³/mol. The topological polar surface area (TPSA) is 35.2 Å². The lowest BCUT2D eigenvalue weighted by Gasteiger charge is -2.09. The molecule has 0 heterocycles. The highest BCUT2D eigenvalue weighted by Crippen LogP contribution is 2.08. The van der Waals surface area contributed by atoms with Crippen LogP contribution in [0.4, 0.5) is 0 Å². The molecule has 0 aromatic rings. The molecule has 0 aliphatic carbocycles. The van der Waals surface area contributed by atoms with Crippen molar-refractivity contribution in [3.8, 4) is 0 Å². The minimum Gasteiger partial charge on any atom is -0.497 e. The van der Waals surface area contributed by atoms with Gasteiger partial charge in [0.25, 0.3) is 0 Å². The molecule has 0 atom stereocenters. The summed E-state index contributed by atoms with van der Waals surface area (Å²) in [6.45, 7) is 9.18. The van der Waals surface area contributed by atoms with E-state index in [0.29, 0.717) is 19.1 Å². The van der Waals surface area contributed by atoms with Gasteiger partial charge in [-0.25, -0.2) is 0 Å². The smallest absolute Gasteiger partial charge is 0.0999 e. The number of allylic oxidation sites excluding steroid dienone is 1. The molecule has 0 saturated carbocycles. The average Bonchev–Trinajstić information content (AvgIpc) is 1.82. The lowest BCUT2D eigenvalue weighted by Crippen LogP contribution is -2.08. The Hall–Kier alpha value is -0.500. The largest absolute Gasteiger partial charge is 0.497 e. The molecule has 0 spiro atoms. The van der Waals surface area contributed by atoms with E-state index in [0.717, 1.165) is 12.2 Å². The molecular weight excluding hydrogens is 126 g/mol. The quantitative estimate of drug-likeness (QED) is 0.592. The van der Waals surface area contributed by atoms with Crippen molar-refractivity contribution in [3.63, 3.8) is 0 Å². The van der Waals surface area contributed by atoms with Gasteiger partial charge in [0, 0.05) is 13.0 Å². The average molecular weight is 143 g/mol. The van der Waals surface area contributed by atoms with E-state index >= 15 is 0 Å². The van der Waals surface area contributed by atoms with Gasteiger partial charge < -0.3 is 10.5 Å². The molecule has 0 aliphatic rings. The van der Waals surface area contributed by atoms with Crippen LogP contribution in [0, 0.1) is 5.92 Å². The van der Waals surface area contributed by atoms with Crippen molar-refractivity contribution < 1.29 is 4.74 Å². The first kappa shape index (κ1) is 9.50. The van der Waals surface area contributed by atoms with Crippen molar-refractivity contribution in [1.29, 1.82) is 0 Å². The van der Waals surface area contributed by atoms with E-state index in [1.54, 1.807) is 0 Å². The highest BCUT2D eigenvalue weighted by Gasteiger charge is 1.97. The minimum absolute atomic E-state index is 0.567. The van der Waals surface area contributed by atoms with E-state index in [9.17, 15) is 0 Å². The van der Waals surface area contributed by atoms with Crippen LogP contribution < -0.4 is 5.73 Å². The predicted octanol–water partition coefficient (Wildman–Crippen LogP) is 1.52. The lowest BCUT2D eigenvalue weighted by molar-refractivity contribution is 0.204. The second kappa shape index (κ2) is 5.30. The van der Waals surface area contributed by atoms with Gasteiger partial charge in [0.2, 0.25) is 0 Å². The second-order valence-electron chi connectivity index (χ2n) is 2.77. The van der Waals surface area contributed by atoms with Gasteiger partial charge >= 0.3 is 0 Å². The van der Waals surface area contributed by atoms with Crippen molar-refractivity contribution in [2.75, 3.05) is 13.2 Å². The van der Waals surface area contributed by atoms with Crippen molar-refractivity contribution in [1.82, 2.24) is 0 Å². The number of nitrogens with two attached hydrogens (primary N) is 1. The summed E-state index contributed by atoms with van der Waals surface area (Å²) in [6.07, 6.45) is 0.931. The first-order valence-corrected chi connectivity index (χ1v) is 3.67. The first-order chi connectivity index (χ1) is 4.66. The molecular formula is C8H17NO. The molecule has 0 amide bonds. The summed E-state index contributed by atoms with van der Waals surface area (Å²) in [5.74, 6) is 1.46. The van der Waals surface area contributed by atoms with Gasteiger partial charge in [0.15, 0.2) is 0 Å². The Morgan fingerprint density at radius 2 is 2.20 bits per heavy atom. The van der Waals surface area contributed by atoms with Crippen LogP contribution in [0.1, 0.15) is 20.3 Å². The van der Waals surface area contributed by atoms with Crippen LogP contribution in [-0.2, 0) is 4.74 Å². The van der Waals surface area contributed by atoms with Gasteiger partial charge in [-0.2, -0.15) is 0 Å². The molecule has 60 valence electrons. The summed E-state index contributed by atoms with van der Waals surface area (Å²) in [6, 6.07) is 0. The maximum Gasteiger partial charge on any atom is 0.0999 e. The normalized spacial score (nSPS) is 10.0. The van der Waals surface area contributed by atoms with Crippen LogP contribution in [0.15, 0.2) is 12.3 Å². The van der Waals surface area contributed by atoms with Crippen LogP contribution in [-0.4, -0.2) is 13.2 Å². The molecule has 0 fully saturated rings. The fourth-order valence-electron chi connectivity index (χ4n) is 0.718. The Bertz CT molecular complexity index is 99.4. The number of rotatable bonds is 5. The maximum atomic E-state index is 5.24. The van der Waals surface area contributed by atoms with Gasteiger partial charge in [-0.15, -0.1) is 0 Å². The van der Waals surface area contributed by atoms with Crippen molar-refractivity contribution >= 4 is 0 Å². The standard InChI is InChI=1S/C8H17NO/c1-7(2)6-8(3)10-5-4-9/h7H,3-6,9H2,1-2H3. The summed E-state index contributed by atoms with van der Waals surface area (Å²) in [5.41, 5.74) is 5.24. The molecule has 10 heavy (non-hydrogen) atoms. The van der Waals surface area contributed by atoms with E-state index in [-0.39, 0.29) is 0 Å².